The van der Waals surface area contributed by atoms with Crippen molar-refractivity contribution in [2.75, 3.05) is 6.54 Å². The molecule has 1 amide bonds. The van der Waals surface area contributed by atoms with Crippen LogP contribution in [0.15, 0.2) is 12.1 Å². The van der Waals surface area contributed by atoms with Crippen molar-refractivity contribution in [1.82, 2.24) is 5.32 Å². The number of amides is 1. The van der Waals surface area contributed by atoms with Gasteiger partial charge in [0, 0.05) is 6.54 Å². The van der Waals surface area contributed by atoms with Crippen LogP contribution >= 0.6 is 11.6 Å². The fourth-order valence-corrected chi connectivity index (χ4v) is 1.45. The number of rotatable bonds is 3. The third kappa shape index (κ3) is 3.42. The van der Waals surface area contributed by atoms with Crippen LogP contribution in [0.5, 0.6) is 5.75 Å². The molecule has 0 saturated heterocycles. The zero-order valence-corrected chi connectivity index (χ0v) is 10.5. The van der Waals surface area contributed by atoms with Gasteiger partial charge in [-0.15, -0.1) is 0 Å². The molecule has 0 aliphatic carbocycles. The number of benzene rings is 1. The molecule has 88 valence electrons. The Bertz CT molecular complexity index is 391. The molecule has 1 aromatic rings. The maximum absolute atomic E-state index is 11.3. The summed E-state index contributed by atoms with van der Waals surface area (Å²) >= 11 is 5.97. The van der Waals surface area contributed by atoms with Crippen molar-refractivity contribution in [3.8, 4) is 5.75 Å². The van der Waals surface area contributed by atoms with Gasteiger partial charge in [0.2, 0.25) is 0 Å². The summed E-state index contributed by atoms with van der Waals surface area (Å²) in [6.45, 7) is 6.48. The molecular formula is C12H16ClNO2. The Hall–Kier alpha value is -1.22. The van der Waals surface area contributed by atoms with Crippen molar-refractivity contribution >= 4 is 17.7 Å². The number of halogens is 1. The quantitative estimate of drug-likeness (QED) is 0.880. The largest absolute Gasteiger partial charge is 0.412 e. The molecule has 0 aromatic heterocycles. The Morgan fingerprint density at radius 3 is 2.62 bits per heavy atom. The summed E-state index contributed by atoms with van der Waals surface area (Å²) < 4.78 is 5.10. The van der Waals surface area contributed by atoms with E-state index in [-0.39, 0.29) is 0 Å². The fourth-order valence-electron chi connectivity index (χ4n) is 1.20. The molecule has 0 radical (unpaired) electrons. The minimum Gasteiger partial charge on any atom is -0.409 e. The summed E-state index contributed by atoms with van der Waals surface area (Å²) in [5, 5.41) is 3.08. The predicted octanol–water partition coefficient (Wildman–Crippen LogP) is 3.46. The van der Waals surface area contributed by atoms with E-state index < -0.39 is 6.09 Å². The predicted molar refractivity (Wildman–Crippen MR) is 65.2 cm³/mol. The molecular weight excluding hydrogens is 226 g/mol. The van der Waals surface area contributed by atoms with Crippen molar-refractivity contribution < 1.29 is 9.53 Å². The molecule has 0 bridgehead atoms. The van der Waals surface area contributed by atoms with Crippen molar-refractivity contribution in [2.24, 2.45) is 0 Å². The van der Waals surface area contributed by atoms with Gasteiger partial charge >= 0.3 is 6.09 Å². The topological polar surface area (TPSA) is 38.3 Å². The summed E-state index contributed by atoms with van der Waals surface area (Å²) in [6.07, 6.45) is 0.405. The van der Waals surface area contributed by atoms with Crippen LogP contribution in [0.3, 0.4) is 0 Å². The third-order valence-corrected chi connectivity index (χ3v) is 2.57. The molecule has 0 atom stereocenters. The second-order valence-corrected chi connectivity index (χ2v) is 4.09. The summed E-state index contributed by atoms with van der Waals surface area (Å²) in [6, 6.07) is 3.56. The Labute approximate surface area is 101 Å². The standard InChI is InChI=1S/C12H16ClNO2/c1-4-5-14-12(15)16-11-7-9(3)8(2)6-10(11)13/h6-7H,4-5H2,1-3H3,(H,14,15). The number of nitrogens with one attached hydrogen (secondary N) is 1. The smallest absolute Gasteiger partial charge is 0.409 e. The normalized spacial score (nSPS) is 10.0. The molecule has 0 aliphatic rings. The fraction of sp³-hybridized carbons (Fsp3) is 0.417. The van der Waals surface area contributed by atoms with Gasteiger partial charge in [-0.05, 0) is 43.5 Å². The van der Waals surface area contributed by atoms with Gasteiger partial charge < -0.3 is 10.1 Å². The van der Waals surface area contributed by atoms with E-state index in [0.29, 0.717) is 17.3 Å². The monoisotopic (exact) mass is 241 g/mol. The molecule has 0 saturated carbocycles. The number of ether oxygens (including phenoxy) is 1. The molecule has 1 rings (SSSR count). The highest BCUT2D eigenvalue weighted by Crippen LogP contribution is 2.27. The highest BCUT2D eigenvalue weighted by Gasteiger charge is 2.09. The van der Waals surface area contributed by atoms with E-state index in [1.165, 1.54) is 0 Å². The Morgan fingerprint density at radius 1 is 1.38 bits per heavy atom. The number of hydrogen-bond donors (Lipinski definition) is 1. The van der Waals surface area contributed by atoms with E-state index in [0.717, 1.165) is 17.5 Å². The first-order valence-electron chi connectivity index (χ1n) is 5.27. The summed E-state index contributed by atoms with van der Waals surface area (Å²) in [4.78, 5) is 11.3. The van der Waals surface area contributed by atoms with Crippen LogP contribution in [0.2, 0.25) is 5.02 Å². The Morgan fingerprint density at radius 2 is 2.00 bits per heavy atom. The van der Waals surface area contributed by atoms with Gasteiger partial charge in [-0.3, -0.25) is 0 Å². The van der Waals surface area contributed by atoms with Crippen LogP contribution < -0.4 is 10.1 Å². The van der Waals surface area contributed by atoms with Gasteiger partial charge in [0.25, 0.3) is 0 Å². The minimum atomic E-state index is -0.466. The number of aryl methyl sites for hydroxylation is 2. The average molecular weight is 242 g/mol. The van der Waals surface area contributed by atoms with Gasteiger partial charge in [-0.2, -0.15) is 0 Å². The maximum atomic E-state index is 11.3. The average Bonchev–Trinajstić information content (AvgIpc) is 2.23. The van der Waals surface area contributed by atoms with Gasteiger partial charge in [-0.1, -0.05) is 18.5 Å². The lowest BCUT2D eigenvalue weighted by Gasteiger charge is -2.09. The van der Waals surface area contributed by atoms with Gasteiger partial charge in [0.05, 0.1) is 5.02 Å². The maximum Gasteiger partial charge on any atom is 0.412 e. The lowest BCUT2D eigenvalue weighted by atomic mass is 10.1. The molecule has 0 aliphatic heterocycles. The SMILES string of the molecule is CCCNC(=O)Oc1cc(C)c(C)cc1Cl. The van der Waals surface area contributed by atoms with Gasteiger partial charge in [0.1, 0.15) is 0 Å². The molecule has 0 fully saturated rings. The molecule has 0 heterocycles. The highest BCUT2D eigenvalue weighted by atomic mass is 35.5. The molecule has 3 nitrogen and oxygen atoms in total. The van der Waals surface area contributed by atoms with Crippen molar-refractivity contribution in [3.05, 3.63) is 28.3 Å². The van der Waals surface area contributed by atoms with E-state index in [4.69, 9.17) is 16.3 Å². The van der Waals surface area contributed by atoms with Crippen LogP contribution in [-0.4, -0.2) is 12.6 Å². The molecule has 16 heavy (non-hydrogen) atoms. The van der Waals surface area contributed by atoms with E-state index >= 15 is 0 Å². The van der Waals surface area contributed by atoms with Crippen molar-refractivity contribution in [1.29, 1.82) is 0 Å². The Kier molecular flexibility index (Phi) is 4.62. The van der Waals surface area contributed by atoms with E-state index in [1.807, 2.05) is 20.8 Å². The van der Waals surface area contributed by atoms with Crippen molar-refractivity contribution in [2.45, 2.75) is 27.2 Å². The third-order valence-electron chi connectivity index (χ3n) is 2.27. The summed E-state index contributed by atoms with van der Waals surface area (Å²) in [5.41, 5.74) is 2.12. The zero-order chi connectivity index (χ0) is 12.1. The molecule has 0 spiro atoms. The number of hydrogen-bond acceptors (Lipinski definition) is 2. The number of carbonyl (C=O) groups excluding carboxylic acids is 1. The second-order valence-electron chi connectivity index (χ2n) is 3.68. The summed E-state index contributed by atoms with van der Waals surface area (Å²) in [7, 11) is 0. The molecule has 4 heteroatoms. The molecule has 1 N–H and O–H groups in total. The van der Waals surface area contributed by atoms with Crippen LogP contribution in [0.25, 0.3) is 0 Å². The first kappa shape index (κ1) is 12.8. The van der Waals surface area contributed by atoms with Gasteiger partial charge in [-0.25, -0.2) is 4.79 Å². The van der Waals surface area contributed by atoms with Crippen LogP contribution in [0.1, 0.15) is 24.5 Å². The first-order chi connectivity index (χ1) is 7.54. The number of carbonyl (C=O) groups is 1. The lowest BCUT2D eigenvalue weighted by Crippen LogP contribution is -2.27. The minimum absolute atomic E-state index is 0.401. The van der Waals surface area contributed by atoms with Gasteiger partial charge in [0.15, 0.2) is 5.75 Å². The lowest BCUT2D eigenvalue weighted by molar-refractivity contribution is 0.200. The molecule has 0 unspecified atom stereocenters. The van der Waals surface area contributed by atoms with Crippen molar-refractivity contribution in [3.63, 3.8) is 0 Å². The van der Waals surface area contributed by atoms with Crippen LogP contribution in [-0.2, 0) is 0 Å². The van der Waals surface area contributed by atoms with Crippen LogP contribution in [0.4, 0.5) is 4.79 Å². The Balaban J connectivity index is 2.73. The van der Waals surface area contributed by atoms with E-state index in [2.05, 4.69) is 5.32 Å². The first-order valence-corrected chi connectivity index (χ1v) is 5.64. The summed E-state index contributed by atoms with van der Waals surface area (Å²) in [5.74, 6) is 0.401. The molecule has 1 aromatic carbocycles. The van der Waals surface area contributed by atoms with E-state index in [1.54, 1.807) is 12.1 Å². The van der Waals surface area contributed by atoms with Crippen LogP contribution in [0, 0.1) is 13.8 Å². The second kappa shape index (κ2) is 5.75. The zero-order valence-electron chi connectivity index (χ0n) is 9.76. The highest BCUT2D eigenvalue weighted by molar-refractivity contribution is 6.32. The van der Waals surface area contributed by atoms with E-state index in [9.17, 15) is 4.79 Å².